The minimum Gasteiger partial charge on any atom is -0.481 e. The summed E-state index contributed by atoms with van der Waals surface area (Å²) in [5.41, 5.74) is 1.33. The van der Waals surface area contributed by atoms with Crippen molar-refractivity contribution in [2.75, 3.05) is 5.32 Å². The molecule has 1 unspecified atom stereocenters. The number of nitrogens with zero attached hydrogens (tertiary/aromatic N) is 1. The van der Waals surface area contributed by atoms with Gasteiger partial charge in [0.05, 0.1) is 11.3 Å². The molecule has 1 rings (SSSR count). The molecule has 4 heteroatoms. The van der Waals surface area contributed by atoms with Crippen molar-refractivity contribution in [2.24, 2.45) is 0 Å². The Morgan fingerprint density at radius 3 is 2.88 bits per heavy atom. The average Bonchev–Trinajstić information content (AvgIpc) is 2.27. The highest BCUT2D eigenvalue weighted by Crippen LogP contribution is 2.15. The molecular formula is C12H14N2O2. The molecule has 84 valence electrons. The minimum atomic E-state index is -0.804. The van der Waals surface area contributed by atoms with Crippen LogP contribution < -0.4 is 5.32 Å². The molecule has 1 aromatic rings. The van der Waals surface area contributed by atoms with Crippen LogP contribution in [0, 0.1) is 11.3 Å². The van der Waals surface area contributed by atoms with E-state index in [0.717, 1.165) is 5.69 Å². The number of hydrogen-bond acceptors (Lipinski definition) is 3. The van der Waals surface area contributed by atoms with Crippen LogP contribution in [0.3, 0.4) is 0 Å². The summed E-state index contributed by atoms with van der Waals surface area (Å²) in [6.45, 7) is 1.90. The van der Waals surface area contributed by atoms with Crippen LogP contribution >= 0.6 is 0 Å². The molecule has 0 aliphatic rings. The summed E-state index contributed by atoms with van der Waals surface area (Å²) in [4.78, 5) is 10.4. The molecule has 0 saturated heterocycles. The summed E-state index contributed by atoms with van der Waals surface area (Å²) in [5.74, 6) is -0.804. The molecule has 0 heterocycles. The second-order valence-corrected chi connectivity index (χ2v) is 3.64. The quantitative estimate of drug-likeness (QED) is 0.794. The van der Waals surface area contributed by atoms with Crippen LogP contribution in [0.2, 0.25) is 0 Å². The summed E-state index contributed by atoms with van der Waals surface area (Å²) in [7, 11) is 0. The number of rotatable bonds is 5. The van der Waals surface area contributed by atoms with Crippen LogP contribution in [0.25, 0.3) is 0 Å². The van der Waals surface area contributed by atoms with Gasteiger partial charge in [-0.2, -0.15) is 5.26 Å². The predicted octanol–water partition coefficient (Wildman–Crippen LogP) is 2.22. The Hall–Kier alpha value is -2.02. The minimum absolute atomic E-state index is 0.0330. The van der Waals surface area contributed by atoms with Crippen LogP contribution in [0.1, 0.15) is 25.3 Å². The van der Waals surface area contributed by atoms with Gasteiger partial charge in [0.15, 0.2) is 0 Å². The van der Waals surface area contributed by atoms with Crippen LogP contribution in [-0.4, -0.2) is 17.1 Å². The normalized spacial score (nSPS) is 11.5. The third-order valence-corrected chi connectivity index (χ3v) is 2.24. The summed E-state index contributed by atoms with van der Waals surface area (Å²) in [6, 6.07) is 9.30. The Labute approximate surface area is 94.5 Å². The molecule has 0 aliphatic carbocycles. The van der Waals surface area contributed by atoms with Gasteiger partial charge in [0.25, 0.3) is 0 Å². The van der Waals surface area contributed by atoms with E-state index >= 15 is 0 Å². The summed E-state index contributed by atoms with van der Waals surface area (Å²) in [6.07, 6.45) is 0.665. The first-order valence-corrected chi connectivity index (χ1v) is 5.11. The van der Waals surface area contributed by atoms with Gasteiger partial charge in [-0.3, -0.25) is 4.79 Å². The lowest BCUT2D eigenvalue weighted by atomic mass is 10.1. The third-order valence-electron chi connectivity index (χ3n) is 2.24. The number of carboxylic acid groups (broad SMARTS) is 1. The smallest absolute Gasteiger partial charge is 0.303 e. The molecule has 2 N–H and O–H groups in total. The Balaban J connectivity index is 2.59. The average molecular weight is 218 g/mol. The molecule has 0 saturated carbocycles. The maximum Gasteiger partial charge on any atom is 0.303 e. The first-order valence-electron chi connectivity index (χ1n) is 5.11. The zero-order valence-corrected chi connectivity index (χ0v) is 9.10. The second kappa shape index (κ2) is 5.76. The maximum absolute atomic E-state index is 10.4. The Kier molecular flexibility index (Phi) is 4.34. The summed E-state index contributed by atoms with van der Waals surface area (Å²) >= 11 is 0. The standard InChI is InChI=1S/C12H14N2O2/c1-9(6-7-12(15)16)14-11-5-3-2-4-10(11)8-13/h2-5,9,14H,6-7H2,1H3,(H,15,16). The molecule has 0 aromatic heterocycles. The molecule has 0 aliphatic heterocycles. The molecule has 0 spiro atoms. The van der Waals surface area contributed by atoms with E-state index in [4.69, 9.17) is 10.4 Å². The highest BCUT2D eigenvalue weighted by molar-refractivity contribution is 5.66. The number of hydrogen-bond donors (Lipinski definition) is 2. The third kappa shape index (κ3) is 3.62. The predicted molar refractivity (Wildman–Crippen MR) is 61.1 cm³/mol. The van der Waals surface area contributed by atoms with Crippen molar-refractivity contribution in [2.45, 2.75) is 25.8 Å². The molecule has 0 fully saturated rings. The number of para-hydroxylation sites is 1. The number of anilines is 1. The molecular weight excluding hydrogens is 204 g/mol. The van der Waals surface area contributed by atoms with E-state index in [0.29, 0.717) is 12.0 Å². The highest BCUT2D eigenvalue weighted by atomic mass is 16.4. The van der Waals surface area contributed by atoms with Gasteiger partial charge in [0.2, 0.25) is 0 Å². The first kappa shape index (κ1) is 12.1. The zero-order chi connectivity index (χ0) is 12.0. The number of aliphatic carboxylic acids is 1. The lowest BCUT2D eigenvalue weighted by Crippen LogP contribution is -2.17. The van der Waals surface area contributed by atoms with Gasteiger partial charge in [-0.25, -0.2) is 0 Å². The Morgan fingerprint density at radius 1 is 1.56 bits per heavy atom. The highest BCUT2D eigenvalue weighted by Gasteiger charge is 2.07. The topological polar surface area (TPSA) is 73.1 Å². The van der Waals surface area contributed by atoms with Gasteiger partial charge in [0, 0.05) is 12.5 Å². The zero-order valence-electron chi connectivity index (χ0n) is 9.10. The molecule has 1 aromatic carbocycles. The van der Waals surface area contributed by atoms with Gasteiger partial charge in [0.1, 0.15) is 6.07 Å². The number of benzene rings is 1. The first-order chi connectivity index (χ1) is 7.63. The lowest BCUT2D eigenvalue weighted by molar-refractivity contribution is -0.137. The maximum atomic E-state index is 10.4. The number of nitrogens with one attached hydrogen (secondary N) is 1. The lowest BCUT2D eigenvalue weighted by Gasteiger charge is -2.14. The number of carboxylic acids is 1. The fourth-order valence-electron chi connectivity index (χ4n) is 1.38. The van der Waals surface area contributed by atoms with Crippen molar-refractivity contribution >= 4 is 11.7 Å². The van der Waals surface area contributed by atoms with Gasteiger partial charge < -0.3 is 10.4 Å². The molecule has 16 heavy (non-hydrogen) atoms. The van der Waals surface area contributed by atoms with Crippen molar-refractivity contribution < 1.29 is 9.90 Å². The van der Waals surface area contributed by atoms with Gasteiger partial charge >= 0.3 is 5.97 Å². The van der Waals surface area contributed by atoms with Gasteiger partial charge in [-0.05, 0) is 25.5 Å². The van der Waals surface area contributed by atoms with E-state index in [-0.39, 0.29) is 12.5 Å². The van der Waals surface area contributed by atoms with E-state index in [1.54, 1.807) is 12.1 Å². The van der Waals surface area contributed by atoms with Crippen molar-refractivity contribution in [3.05, 3.63) is 29.8 Å². The van der Waals surface area contributed by atoms with Gasteiger partial charge in [-0.1, -0.05) is 12.1 Å². The van der Waals surface area contributed by atoms with Crippen molar-refractivity contribution in [3.63, 3.8) is 0 Å². The summed E-state index contributed by atoms with van der Waals surface area (Å²) < 4.78 is 0. The number of nitriles is 1. The van der Waals surface area contributed by atoms with E-state index in [2.05, 4.69) is 11.4 Å². The molecule has 1 atom stereocenters. The SMILES string of the molecule is CC(CCC(=O)O)Nc1ccccc1C#N. The van der Waals surface area contributed by atoms with Crippen LogP contribution in [0.4, 0.5) is 5.69 Å². The molecule has 0 radical (unpaired) electrons. The second-order valence-electron chi connectivity index (χ2n) is 3.64. The van der Waals surface area contributed by atoms with E-state index in [1.807, 2.05) is 19.1 Å². The summed E-state index contributed by atoms with van der Waals surface area (Å²) in [5, 5.41) is 20.5. The van der Waals surface area contributed by atoms with Crippen molar-refractivity contribution in [3.8, 4) is 6.07 Å². The molecule has 4 nitrogen and oxygen atoms in total. The van der Waals surface area contributed by atoms with Crippen molar-refractivity contribution in [1.82, 2.24) is 0 Å². The van der Waals surface area contributed by atoms with Crippen molar-refractivity contribution in [1.29, 1.82) is 5.26 Å². The van der Waals surface area contributed by atoms with Crippen LogP contribution in [-0.2, 0) is 4.79 Å². The molecule has 0 amide bonds. The monoisotopic (exact) mass is 218 g/mol. The largest absolute Gasteiger partial charge is 0.481 e. The van der Waals surface area contributed by atoms with Gasteiger partial charge in [-0.15, -0.1) is 0 Å². The fourth-order valence-corrected chi connectivity index (χ4v) is 1.38. The van der Waals surface area contributed by atoms with E-state index in [1.165, 1.54) is 0 Å². The van der Waals surface area contributed by atoms with Crippen LogP contribution in [0.15, 0.2) is 24.3 Å². The number of carbonyl (C=O) groups is 1. The molecule has 0 bridgehead atoms. The van der Waals surface area contributed by atoms with E-state index < -0.39 is 5.97 Å². The van der Waals surface area contributed by atoms with E-state index in [9.17, 15) is 4.79 Å². The fraction of sp³-hybridized carbons (Fsp3) is 0.333. The Morgan fingerprint density at radius 2 is 2.25 bits per heavy atom. The van der Waals surface area contributed by atoms with Crippen LogP contribution in [0.5, 0.6) is 0 Å². The Bertz CT molecular complexity index is 410.